The van der Waals surface area contributed by atoms with Gasteiger partial charge in [-0.25, -0.2) is 4.98 Å². The molecule has 1 saturated heterocycles. The van der Waals surface area contributed by atoms with Gasteiger partial charge in [-0.3, -0.25) is 4.98 Å². The summed E-state index contributed by atoms with van der Waals surface area (Å²) in [6.07, 6.45) is 7.11. The molecule has 20 heavy (non-hydrogen) atoms. The summed E-state index contributed by atoms with van der Waals surface area (Å²) >= 11 is 0. The molecule has 1 aliphatic carbocycles. The molecule has 2 fully saturated rings. The highest BCUT2D eigenvalue weighted by Crippen LogP contribution is 2.31. The van der Waals surface area contributed by atoms with E-state index in [-0.39, 0.29) is 0 Å². The Balaban J connectivity index is 1.63. The Bertz CT molecular complexity index is 602. The fraction of sp³-hybridized carbons (Fsp3) is 0.500. The second kappa shape index (κ2) is 5.02. The molecular formula is C16H20N4. The third kappa shape index (κ3) is 2.36. The maximum absolute atomic E-state index is 4.81. The van der Waals surface area contributed by atoms with E-state index in [1.807, 2.05) is 30.5 Å². The van der Waals surface area contributed by atoms with Gasteiger partial charge < -0.3 is 10.2 Å². The summed E-state index contributed by atoms with van der Waals surface area (Å²) in [6.45, 7) is 2.23. The van der Waals surface area contributed by atoms with Gasteiger partial charge in [-0.15, -0.1) is 0 Å². The van der Waals surface area contributed by atoms with Crippen molar-refractivity contribution < 1.29 is 0 Å². The molecule has 4 heteroatoms. The maximum Gasteiger partial charge on any atom is 0.148 e. The van der Waals surface area contributed by atoms with Gasteiger partial charge >= 0.3 is 0 Å². The number of rotatable bonds is 4. The minimum absolute atomic E-state index is 0.615. The van der Waals surface area contributed by atoms with Crippen molar-refractivity contribution in [2.45, 2.75) is 37.8 Å². The molecule has 0 spiro atoms. The molecule has 1 atom stereocenters. The number of fused-ring (bicyclic) bond motifs is 1. The molecule has 1 aromatic heterocycles. The maximum atomic E-state index is 4.81. The van der Waals surface area contributed by atoms with Crippen molar-refractivity contribution in [1.82, 2.24) is 15.3 Å². The van der Waals surface area contributed by atoms with Gasteiger partial charge in [-0.1, -0.05) is 12.1 Å². The first-order chi connectivity index (χ1) is 9.90. The Morgan fingerprint density at radius 1 is 1.15 bits per heavy atom. The summed E-state index contributed by atoms with van der Waals surface area (Å²) in [4.78, 5) is 11.8. The number of hydrogen-bond acceptors (Lipinski definition) is 4. The quantitative estimate of drug-likeness (QED) is 0.924. The predicted molar refractivity (Wildman–Crippen MR) is 80.9 cm³/mol. The number of anilines is 1. The SMILES string of the molecule is c1ccc2nc(N(CC3CCCN3)C3CC3)cnc2c1. The van der Waals surface area contributed by atoms with E-state index in [1.165, 1.54) is 25.7 Å². The van der Waals surface area contributed by atoms with Crippen LogP contribution in [0.15, 0.2) is 30.5 Å². The molecular weight excluding hydrogens is 248 g/mol. The Labute approximate surface area is 119 Å². The van der Waals surface area contributed by atoms with Crippen molar-refractivity contribution >= 4 is 16.9 Å². The van der Waals surface area contributed by atoms with Gasteiger partial charge in [0.25, 0.3) is 0 Å². The average molecular weight is 268 g/mol. The van der Waals surface area contributed by atoms with Gasteiger partial charge in [0.2, 0.25) is 0 Å². The third-order valence-electron chi connectivity index (χ3n) is 4.30. The Hall–Kier alpha value is -1.68. The van der Waals surface area contributed by atoms with Crippen molar-refractivity contribution in [2.24, 2.45) is 0 Å². The summed E-state index contributed by atoms with van der Waals surface area (Å²) in [7, 11) is 0. The van der Waals surface area contributed by atoms with Gasteiger partial charge in [0.15, 0.2) is 0 Å². The molecule has 4 rings (SSSR count). The molecule has 2 aromatic rings. The minimum Gasteiger partial charge on any atom is -0.351 e. The van der Waals surface area contributed by atoms with Crippen LogP contribution < -0.4 is 10.2 Å². The molecule has 0 amide bonds. The standard InChI is InChI=1S/C16H20N4/c1-2-6-15-14(5-1)18-10-16(19-15)20(13-7-8-13)11-12-4-3-9-17-12/h1-2,5-6,10,12-13,17H,3-4,7-9,11H2. The van der Waals surface area contributed by atoms with Gasteiger partial charge in [-0.05, 0) is 44.4 Å². The molecule has 1 aromatic carbocycles. The van der Waals surface area contributed by atoms with Crippen molar-refractivity contribution in [1.29, 1.82) is 0 Å². The normalized spacial score (nSPS) is 22.3. The molecule has 1 N–H and O–H groups in total. The molecule has 104 valence electrons. The molecule has 1 unspecified atom stereocenters. The molecule has 1 aliphatic heterocycles. The van der Waals surface area contributed by atoms with E-state index in [2.05, 4.69) is 15.2 Å². The number of benzene rings is 1. The lowest BCUT2D eigenvalue weighted by molar-refractivity contribution is 0.575. The van der Waals surface area contributed by atoms with Crippen LogP contribution in [-0.4, -0.2) is 35.1 Å². The van der Waals surface area contributed by atoms with Crippen LogP contribution in [0, 0.1) is 0 Å². The van der Waals surface area contributed by atoms with E-state index in [0.29, 0.717) is 12.1 Å². The number of nitrogens with zero attached hydrogens (tertiary/aromatic N) is 3. The van der Waals surface area contributed by atoms with Crippen molar-refractivity contribution in [3.8, 4) is 0 Å². The monoisotopic (exact) mass is 268 g/mol. The zero-order valence-corrected chi connectivity index (χ0v) is 11.6. The van der Waals surface area contributed by atoms with E-state index in [1.54, 1.807) is 0 Å². The number of para-hydroxylation sites is 2. The van der Waals surface area contributed by atoms with E-state index < -0.39 is 0 Å². The van der Waals surface area contributed by atoms with Gasteiger partial charge in [0.05, 0.1) is 17.2 Å². The number of aromatic nitrogens is 2. The topological polar surface area (TPSA) is 41.1 Å². The van der Waals surface area contributed by atoms with Crippen LogP contribution in [0.2, 0.25) is 0 Å². The lowest BCUT2D eigenvalue weighted by Crippen LogP contribution is -2.39. The molecule has 0 radical (unpaired) electrons. The van der Waals surface area contributed by atoms with Crippen molar-refractivity contribution in [2.75, 3.05) is 18.0 Å². The summed E-state index contributed by atoms with van der Waals surface area (Å²) in [5.74, 6) is 1.04. The highest BCUT2D eigenvalue weighted by Gasteiger charge is 2.32. The highest BCUT2D eigenvalue weighted by molar-refractivity contribution is 5.75. The van der Waals surface area contributed by atoms with Crippen LogP contribution in [-0.2, 0) is 0 Å². The van der Waals surface area contributed by atoms with E-state index >= 15 is 0 Å². The Kier molecular flexibility index (Phi) is 3.03. The van der Waals surface area contributed by atoms with E-state index in [4.69, 9.17) is 4.98 Å². The van der Waals surface area contributed by atoms with Crippen LogP contribution in [0.5, 0.6) is 0 Å². The molecule has 2 aliphatic rings. The summed E-state index contributed by atoms with van der Waals surface area (Å²) in [5, 5.41) is 3.59. The average Bonchev–Trinajstić information content (AvgIpc) is 3.21. The van der Waals surface area contributed by atoms with Crippen LogP contribution >= 0.6 is 0 Å². The van der Waals surface area contributed by atoms with Crippen LogP contribution in [0.3, 0.4) is 0 Å². The molecule has 1 saturated carbocycles. The van der Waals surface area contributed by atoms with E-state index in [9.17, 15) is 0 Å². The Morgan fingerprint density at radius 3 is 2.75 bits per heavy atom. The molecule has 2 heterocycles. The minimum atomic E-state index is 0.615. The third-order valence-corrected chi connectivity index (χ3v) is 4.30. The molecule has 4 nitrogen and oxygen atoms in total. The molecule has 0 bridgehead atoms. The van der Waals surface area contributed by atoms with Gasteiger partial charge in [0, 0.05) is 18.6 Å². The summed E-state index contributed by atoms with van der Waals surface area (Å²) in [6, 6.07) is 9.40. The fourth-order valence-corrected chi connectivity index (χ4v) is 3.05. The predicted octanol–water partition coefficient (Wildman–Crippen LogP) is 2.35. The van der Waals surface area contributed by atoms with Gasteiger partial charge in [0.1, 0.15) is 5.82 Å². The Morgan fingerprint density at radius 2 is 2.00 bits per heavy atom. The van der Waals surface area contributed by atoms with Crippen LogP contribution in [0.4, 0.5) is 5.82 Å². The fourth-order valence-electron chi connectivity index (χ4n) is 3.05. The zero-order chi connectivity index (χ0) is 13.4. The van der Waals surface area contributed by atoms with E-state index in [0.717, 1.165) is 29.9 Å². The largest absolute Gasteiger partial charge is 0.351 e. The van der Waals surface area contributed by atoms with Crippen molar-refractivity contribution in [3.63, 3.8) is 0 Å². The second-order valence-corrected chi connectivity index (χ2v) is 5.89. The van der Waals surface area contributed by atoms with Crippen LogP contribution in [0.25, 0.3) is 11.0 Å². The second-order valence-electron chi connectivity index (χ2n) is 5.89. The zero-order valence-electron chi connectivity index (χ0n) is 11.6. The van der Waals surface area contributed by atoms with Gasteiger partial charge in [-0.2, -0.15) is 0 Å². The number of nitrogens with one attached hydrogen (secondary N) is 1. The lowest BCUT2D eigenvalue weighted by Gasteiger charge is -2.26. The smallest absolute Gasteiger partial charge is 0.148 e. The summed E-state index contributed by atoms with van der Waals surface area (Å²) < 4.78 is 0. The lowest BCUT2D eigenvalue weighted by atomic mass is 10.2. The first-order valence-corrected chi connectivity index (χ1v) is 7.62. The first-order valence-electron chi connectivity index (χ1n) is 7.62. The highest BCUT2D eigenvalue weighted by atomic mass is 15.3. The van der Waals surface area contributed by atoms with Crippen molar-refractivity contribution in [3.05, 3.63) is 30.5 Å². The van der Waals surface area contributed by atoms with Crippen LogP contribution in [0.1, 0.15) is 25.7 Å². The summed E-state index contributed by atoms with van der Waals surface area (Å²) in [5.41, 5.74) is 1.97. The number of hydrogen-bond donors (Lipinski definition) is 1. The first kappa shape index (κ1) is 12.1.